The van der Waals surface area contributed by atoms with Crippen LogP contribution >= 0.6 is 34.7 Å². The van der Waals surface area contributed by atoms with Crippen molar-refractivity contribution >= 4 is 45.5 Å². The Morgan fingerprint density at radius 1 is 1.10 bits per heavy atom. The summed E-state index contributed by atoms with van der Waals surface area (Å²) < 4.78 is 46.4. The van der Waals surface area contributed by atoms with Gasteiger partial charge in [0.15, 0.2) is 4.34 Å². The zero-order valence-corrected chi connectivity index (χ0v) is 17.6. The zero-order valence-electron chi connectivity index (χ0n) is 15.3. The molecule has 0 saturated carbocycles. The molecule has 0 saturated heterocycles. The van der Waals surface area contributed by atoms with Gasteiger partial charge < -0.3 is 14.6 Å². The number of hydrogen-bond donors (Lipinski definition) is 1. The molecule has 31 heavy (non-hydrogen) atoms. The molecule has 2 heterocycles. The van der Waals surface area contributed by atoms with Crippen LogP contribution in [0, 0.1) is 0 Å². The number of ether oxygens (including phenoxy) is 1. The maximum Gasteiger partial charge on any atom is 0.573 e. The first kappa shape index (κ1) is 21.4. The summed E-state index contributed by atoms with van der Waals surface area (Å²) in [6, 6.07) is 12.5. The monoisotopic (exact) mass is 485 g/mol. The second kappa shape index (κ2) is 9.12. The number of anilines is 2. The van der Waals surface area contributed by atoms with Crippen LogP contribution in [0.4, 0.5) is 24.0 Å². The molecule has 2 aromatic carbocycles. The third kappa shape index (κ3) is 5.87. The molecule has 2 aromatic heterocycles. The number of hydrogen-bond acceptors (Lipinski definition) is 9. The Balaban J connectivity index is 1.33. The van der Waals surface area contributed by atoms with E-state index < -0.39 is 6.36 Å². The third-order valence-corrected chi connectivity index (χ3v) is 5.93. The molecule has 4 aromatic rings. The molecule has 0 aliphatic carbocycles. The van der Waals surface area contributed by atoms with Crippen molar-refractivity contribution in [1.82, 2.24) is 20.3 Å². The largest absolute Gasteiger partial charge is 0.573 e. The number of benzene rings is 2. The van der Waals surface area contributed by atoms with Crippen molar-refractivity contribution in [2.24, 2.45) is 0 Å². The summed E-state index contributed by atoms with van der Waals surface area (Å²) in [5.41, 5.74) is 1.22. The minimum Gasteiger partial charge on any atom is -0.406 e. The predicted octanol–water partition coefficient (Wildman–Crippen LogP) is 6.18. The molecule has 0 amide bonds. The number of nitrogens with zero attached hydrogens (tertiary/aromatic N) is 4. The van der Waals surface area contributed by atoms with Crippen molar-refractivity contribution in [1.29, 1.82) is 0 Å². The van der Waals surface area contributed by atoms with Gasteiger partial charge in [-0.1, -0.05) is 52.0 Å². The van der Waals surface area contributed by atoms with E-state index in [9.17, 15) is 13.2 Å². The highest BCUT2D eigenvalue weighted by atomic mass is 35.5. The van der Waals surface area contributed by atoms with Gasteiger partial charge in [0.1, 0.15) is 5.75 Å². The van der Waals surface area contributed by atoms with E-state index in [-0.39, 0.29) is 5.75 Å². The Morgan fingerprint density at radius 3 is 2.61 bits per heavy atom. The van der Waals surface area contributed by atoms with E-state index in [0.717, 1.165) is 0 Å². The molecular weight excluding hydrogens is 475 g/mol. The topological polar surface area (TPSA) is 86.0 Å². The molecule has 4 rings (SSSR count). The smallest absolute Gasteiger partial charge is 0.406 e. The van der Waals surface area contributed by atoms with Gasteiger partial charge in [0, 0.05) is 11.3 Å². The summed E-state index contributed by atoms with van der Waals surface area (Å²) in [7, 11) is 0. The van der Waals surface area contributed by atoms with Gasteiger partial charge in [0.2, 0.25) is 16.8 Å². The number of rotatable bonds is 7. The number of alkyl halides is 3. The molecule has 160 valence electrons. The molecule has 1 N–H and O–H groups in total. The zero-order chi connectivity index (χ0) is 21.8. The lowest BCUT2D eigenvalue weighted by Gasteiger charge is -2.09. The Bertz CT molecular complexity index is 1170. The van der Waals surface area contributed by atoms with Crippen LogP contribution in [0.2, 0.25) is 5.02 Å². The predicted molar refractivity (Wildman–Crippen MR) is 111 cm³/mol. The summed E-state index contributed by atoms with van der Waals surface area (Å²) in [6.07, 6.45) is -4.73. The molecule has 0 unspecified atom stereocenters. The Hall–Kier alpha value is -2.83. The van der Waals surface area contributed by atoms with Crippen LogP contribution in [0.15, 0.2) is 57.4 Å². The van der Waals surface area contributed by atoms with Crippen molar-refractivity contribution < 1.29 is 22.4 Å². The van der Waals surface area contributed by atoms with E-state index in [2.05, 4.69) is 30.4 Å². The Morgan fingerprint density at radius 2 is 1.87 bits per heavy atom. The van der Waals surface area contributed by atoms with Crippen molar-refractivity contribution in [3.05, 3.63) is 59.4 Å². The molecule has 0 aliphatic heterocycles. The van der Waals surface area contributed by atoms with E-state index >= 15 is 0 Å². The fourth-order valence-electron chi connectivity index (χ4n) is 2.37. The fraction of sp³-hybridized carbons (Fsp3) is 0.111. The average molecular weight is 486 g/mol. The van der Waals surface area contributed by atoms with E-state index in [1.54, 1.807) is 12.1 Å². The first-order valence-electron chi connectivity index (χ1n) is 8.52. The summed E-state index contributed by atoms with van der Waals surface area (Å²) in [5, 5.41) is 16.0. The van der Waals surface area contributed by atoms with Crippen molar-refractivity contribution in [2.75, 3.05) is 5.32 Å². The number of thioether (sulfide) groups is 1. The quantitative estimate of drug-likeness (QED) is 0.311. The summed E-state index contributed by atoms with van der Waals surface area (Å²) >= 11 is 8.77. The first-order chi connectivity index (χ1) is 14.9. The van der Waals surface area contributed by atoms with Crippen molar-refractivity contribution in [2.45, 2.75) is 16.5 Å². The van der Waals surface area contributed by atoms with Crippen LogP contribution in [0.3, 0.4) is 0 Å². The maximum atomic E-state index is 12.2. The highest BCUT2D eigenvalue weighted by Gasteiger charge is 2.30. The molecule has 7 nitrogen and oxygen atoms in total. The van der Waals surface area contributed by atoms with Crippen LogP contribution in [-0.2, 0) is 5.75 Å². The van der Waals surface area contributed by atoms with Crippen molar-refractivity contribution in [3.63, 3.8) is 0 Å². The van der Waals surface area contributed by atoms with Gasteiger partial charge in [-0.15, -0.1) is 23.4 Å². The van der Waals surface area contributed by atoms with Crippen molar-refractivity contribution in [3.8, 4) is 17.1 Å². The summed E-state index contributed by atoms with van der Waals surface area (Å²) in [4.78, 5) is 4.33. The number of aromatic nitrogens is 4. The Labute approximate surface area is 186 Å². The lowest BCUT2D eigenvalue weighted by atomic mass is 10.2. The molecular formula is C18H11ClF3N5O2S2. The van der Waals surface area contributed by atoms with E-state index in [4.69, 9.17) is 16.1 Å². The lowest BCUT2D eigenvalue weighted by Crippen LogP contribution is -2.16. The summed E-state index contributed by atoms with van der Waals surface area (Å²) in [6.45, 7) is 0. The number of halogens is 4. The van der Waals surface area contributed by atoms with Crippen LogP contribution in [0.1, 0.15) is 5.89 Å². The molecule has 0 atom stereocenters. The van der Waals surface area contributed by atoms with Crippen LogP contribution in [0.5, 0.6) is 5.75 Å². The van der Waals surface area contributed by atoms with E-state index in [1.807, 2.05) is 12.1 Å². The third-order valence-electron chi connectivity index (χ3n) is 3.65. The van der Waals surface area contributed by atoms with Gasteiger partial charge in [0.05, 0.1) is 10.8 Å². The second-order valence-electron chi connectivity index (χ2n) is 5.85. The molecule has 0 bridgehead atoms. The first-order valence-corrected chi connectivity index (χ1v) is 10.7. The van der Waals surface area contributed by atoms with Crippen LogP contribution < -0.4 is 10.1 Å². The van der Waals surface area contributed by atoms with Gasteiger partial charge in [-0.2, -0.15) is 4.98 Å². The van der Waals surface area contributed by atoms with Gasteiger partial charge in [-0.3, -0.25) is 0 Å². The SMILES string of the molecule is FC(F)(F)Oc1ccc(Nc2nnc(SCc3nc(-c4ccccc4Cl)no3)s2)cc1. The molecule has 13 heteroatoms. The molecule has 0 radical (unpaired) electrons. The standard InChI is InChI=1S/C18H11ClF3N5O2S2/c19-13-4-2-1-3-12(13)15-24-14(29-27-15)9-30-17-26-25-16(31-17)23-10-5-7-11(8-6-10)28-18(20,21)22/h1-8H,9H2,(H,23,25). The van der Waals surface area contributed by atoms with Gasteiger partial charge in [-0.05, 0) is 36.4 Å². The molecule has 0 fully saturated rings. The van der Waals surface area contributed by atoms with Gasteiger partial charge in [-0.25, -0.2) is 0 Å². The Kier molecular flexibility index (Phi) is 6.30. The lowest BCUT2D eigenvalue weighted by molar-refractivity contribution is -0.274. The summed E-state index contributed by atoms with van der Waals surface area (Å²) in [5.74, 6) is 0.890. The average Bonchev–Trinajstić information content (AvgIpc) is 3.37. The highest BCUT2D eigenvalue weighted by Crippen LogP contribution is 2.31. The van der Waals surface area contributed by atoms with Gasteiger partial charge >= 0.3 is 6.36 Å². The molecule has 0 aliphatic rings. The minimum absolute atomic E-state index is 0.303. The molecule has 0 spiro atoms. The van der Waals surface area contributed by atoms with E-state index in [0.29, 0.717) is 43.2 Å². The number of nitrogens with one attached hydrogen (secondary N) is 1. The van der Waals surface area contributed by atoms with Gasteiger partial charge in [0.25, 0.3) is 0 Å². The minimum atomic E-state index is -4.73. The van der Waals surface area contributed by atoms with Crippen LogP contribution in [-0.4, -0.2) is 26.7 Å². The highest BCUT2D eigenvalue weighted by molar-refractivity contribution is 8.00. The fourth-order valence-corrected chi connectivity index (χ4v) is 4.20. The second-order valence-corrected chi connectivity index (χ2v) is 8.46. The van der Waals surface area contributed by atoms with Crippen LogP contribution in [0.25, 0.3) is 11.4 Å². The van der Waals surface area contributed by atoms with E-state index in [1.165, 1.54) is 47.4 Å². The maximum absolute atomic E-state index is 12.2. The normalized spacial score (nSPS) is 11.5.